The van der Waals surface area contributed by atoms with Crippen LogP contribution < -0.4 is 4.74 Å². The molecule has 0 fully saturated rings. The van der Waals surface area contributed by atoms with E-state index in [1.165, 1.54) is 24.3 Å². The first-order valence-electron chi connectivity index (χ1n) is 8.59. The highest BCUT2D eigenvalue weighted by Crippen LogP contribution is 2.21. The van der Waals surface area contributed by atoms with Gasteiger partial charge in [-0.2, -0.15) is 10.1 Å². The number of amides is 1. The zero-order valence-electron chi connectivity index (χ0n) is 15.0. The zero-order chi connectivity index (χ0) is 19.5. The number of hydrazone groups is 1. The van der Waals surface area contributed by atoms with Crippen molar-refractivity contribution in [2.24, 2.45) is 5.10 Å². The number of benzene rings is 1. The number of hydrogen-bond acceptors (Lipinski definition) is 7. The largest absolute Gasteiger partial charge is 0.481 e. The van der Waals surface area contributed by atoms with Gasteiger partial charge in [0.05, 0.1) is 13.7 Å². The fourth-order valence-electron chi connectivity index (χ4n) is 2.73. The molecular weight excluding hydrogens is 365 g/mol. The van der Waals surface area contributed by atoms with Crippen molar-refractivity contribution >= 4 is 11.6 Å². The Kier molecular flexibility index (Phi) is 4.79. The second-order valence-corrected chi connectivity index (χ2v) is 6.14. The lowest BCUT2D eigenvalue weighted by Crippen LogP contribution is -2.31. The van der Waals surface area contributed by atoms with Gasteiger partial charge in [-0.3, -0.25) is 4.79 Å². The first-order valence-corrected chi connectivity index (χ1v) is 8.59. The standard InChI is InChI=1S/C19H16FN5O3/c1-27-16-8-4-13(10-21-16)18-22-19(28-24-18)15-7-9-17(26)25(23-15)11-12-2-5-14(20)6-3-12/h2-6,8,10H,7,9,11H2,1H3. The molecule has 1 amide bonds. The minimum absolute atomic E-state index is 0.118. The molecule has 0 unspecified atom stereocenters. The molecule has 3 aromatic rings. The lowest BCUT2D eigenvalue weighted by atomic mass is 10.1. The second kappa shape index (κ2) is 7.55. The molecule has 0 bridgehead atoms. The molecule has 0 N–H and O–H groups in total. The maximum atomic E-state index is 13.1. The van der Waals surface area contributed by atoms with Gasteiger partial charge in [-0.25, -0.2) is 14.4 Å². The highest BCUT2D eigenvalue weighted by atomic mass is 19.1. The van der Waals surface area contributed by atoms with E-state index in [2.05, 4.69) is 20.2 Å². The lowest BCUT2D eigenvalue weighted by Gasteiger charge is -2.22. The summed E-state index contributed by atoms with van der Waals surface area (Å²) < 4.78 is 23.4. The van der Waals surface area contributed by atoms with Gasteiger partial charge >= 0.3 is 0 Å². The van der Waals surface area contributed by atoms with Gasteiger partial charge in [0.1, 0.15) is 11.5 Å². The van der Waals surface area contributed by atoms with Crippen LogP contribution in [-0.4, -0.2) is 38.9 Å². The molecule has 9 heteroatoms. The summed E-state index contributed by atoms with van der Waals surface area (Å²) in [6, 6.07) is 9.41. The number of halogens is 1. The Morgan fingerprint density at radius 1 is 1.18 bits per heavy atom. The van der Waals surface area contributed by atoms with Gasteiger partial charge < -0.3 is 9.26 Å². The highest BCUT2D eigenvalue weighted by Gasteiger charge is 2.25. The molecule has 0 spiro atoms. The summed E-state index contributed by atoms with van der Waals surface area (Å²) in [5.74, 6) is 0.660. The van der Waals surface area contributed by atoms with Crippen molar-refractivity contribution in [1.82, 2.24) is 20.1 Å². The van der Waals surface area contributed by atoms with Crippen molar-refractivity contribution in [3.05, 3.63) is 59.9 Å². The van der Waals surface area contributed by atoms with Gasteiger partial charge in [0.2, 0.25) is 17.6 Å². The highest BCUT2D eigenvalue weighted by molar-refractivity contribution is 6.01. The Labute approximate surface area is 159 Å². The molecule has 0 saturated heterocycles. The third-order valence-corrected chi connectivity index (χ3v) is 4.23. The molecule has 0 saturated carbocycles. The minimum Gasteiger partial charge on any atom is -0.481 e. The number of methoxy groups -OCH3 is 1. The average molecular weight is 381 g/mol. The third kappa shape index (κ3) is 3.73. The molecule has 4 rings (SSSR count). The fraction of sp³-hybridized carbons (Fsp3) is 0.211. The molecule has 2 aromatic heterocycles. The molecule has 0 aliphatic carbocycles. The van der Waals surface area contributed by atoms with Crippen LogP contribution >= 0.6 is 0 Å². The van der Waals surface area contributed by atoms with Gasteiger partial charge in [0.25, 0.3) is 5.89 Å². The van der Waals surface area contributed by atoms with Gasteiger partial charge in [-0.15, -0.1) is 0 Å². The summed E-state index contributed by atoms with van der Waals surface area (Å²) in [6.07, 6.45) is 2.27. The molecule has 1 aliphatic rings. The Balaban J connectivity index is 1.55. The Morgan fingerprint density at radius 3 is 2.71 bits per heavy atom. The topological polar surface area (TPSA) is 93.7 Å². The number of ether oxygens (including phenoxy) is 1. The van der Waals surface area contributed by atoms with Crippen molar-refractivity contribution in [2.75, 3.05) is 7.11 Å². The maximum Gasteiger partial charge on any atom is 0.274 e. The van der Waals surface area contributed by atoms with Crippen LogP contribution in [0, 0.1) is 5.82 Å². The van der Waals surface area contributed by atoms with Crippen LogP contribution in [0.2, 0.25) is 0 Å². The van der Waals surface area contributed by atoms with E-state index in [1.807, 2.05) is 0 Å². The molecule has 1 aromatic carbocycles. The fourth-order valence-corrected chi connectivity index (χ4v) is 2.73. The molecule has 1 aliphatic heterocycles. The van der Waals surface area contributed by atoms with Gasteiger partial charge in [0.15, 0.2) is 0 Å². The Bertz CT molecular complexity index is 1010. The number of rotatable bonds is 5. The number of carbonyl (C=O) groups is 1. The maximum absolute atomic E-state index is 13.1. The van der Waals surface area contributed by atoms with Crippen molar-refractivity contribution in [2.45, 2.75) is 19.4 Å². The molecule has 142 valence electrons. The molecule has 28 heavy (non-hydrogen) atoms. The van der Waals surface area contributed by atoms with E-state index >= 15 is 0 Å². The zero-order valence-corrected chi connectivity index (χ0v) is 15.0. The molecule has 3 heterocycles. The van der Waals surface area contributed by atoms with Gasteiger partial charge in [0, 0.05) is 30.7 Å². The minimum atomic E-state index is -0.329. The van der Waals surface area contributed by atoms with Crippen LogP contribution in [0.3, 0.4) is 0 Å². The van der Waals surface area contributed by atoms with E-state index in [-0.39, 0.29) is 30.6 Å². The molecular formula is C19H16FN5O3. The number of pyridine rings is 1. The first-order chi connectivity index (χ1) is 13.6. The average Bonchev–Trinajstić information content (AvgIpc) is 3.21. The summed E-state index contributed by atoms with van der Waals surface area (Å²) in [5.41, 5.74) is 1.98. The van der Waals surface area contributed by atoms with Crippen LogP contribution in [0.5, 0.6) is 5.88 Å². The van der Waals surface area contributed by atoms with Crippen LogP contribution in [0.25, 0.3) is 11.4 Å². The molecule has 0 atom stereocenters. The number of hydrogen-bond donors (Lipinski definition) is 0. The van der Waals surface area contributed by atoms with E-state index in [4.69, 9.17) is 9.26 Å². The van der Waals surface area contributed by atoms with Gasteiger partial charge in [-0.1, -0.05) is 17.3 Å². The third-order valence-electron chi connectivity index (χ3n) is 4.23. The Morgan fingerprint density at radius 2 is 2.00 bits per heavy atom. The van der Waals surface area contributed by atoms with Crippen molar-refractivity contribution in [3.8, 4) is 17.3 Å². The van der Waals surface area contributed by atoms with Crippen molar-refractivity contribution < 1.29 is 18.4 Å². The van der Waals surface area contributed by atoms with Crippen LogP contribution in [0.4, 0.5) is 4.39 Å². The monoisotopic (exact) mass is 381 g/mol. The van der Waals surface area contributed by atoms with Gasteiger partial charge in [-0.05, 0) is 23.8 Å². The summed E-state index contributed by atoms with van der Waals surface area (Å²) in [4.78, 5) is 20.7. The van der Waals surface area contributed by atoms with E-state index in [0.717, 1.165) is 5.56 Å². The first kappa shape index (κ1) is 17.8. The number of nitrogens with zero attached hydrogens (tertiary/aromatic N) is 5. The Hall–Kier alpha value is -3.62. The quantitative estimate of drug-likeness (QED) is 0.675. The van der Waals surface area contributed by atoms with E-state index in [1.54, 1.807) is 30.5 Å². The van der Waals surface area contributed by atoms with Crippen molar-refractivity contribution in [1.29, 1.82) is 0 Å². The second-order valence-electron chi connectivity index (χ2n) is 6.14. The van der Waals surface area contributed by atoms with Crippen LogP contribution in [0.15, 0.2) is 52.2 Å². The number of aromatic nitrogens is 3. The summed E-state index contributed by atoms with van der Waals surface area (Å²) in [5, 5.41) is 9.66. The molecule has 0 radical (unpaired) electrons. The normalized spacial score (nSPS) is 14.1. The van der Waals surface area contributed by atoms with Crippen molar-refractivity contribution in [3.63, 3.8) is 0 Å². The predicted octanol–water partition coefficient (Wildman–Crippen LogP) is 2.81. The summed E-state index contributed by atoms with van der Waals surface area (Å²) in [6.45, 7) is 0.242. The lowest BCUT2D eigenvalue weighted by molar-refractivity contribution is -0.132. The predicted molar refractivity (Wildman–Crippen MR) is 96.8 cm³/mol. The smallest absolute Gasteiger partial charge is 0.274 e. The van der Waals surface area contributed by atoms with E-state index in [0.29, 0.717) is 29.4 Å². The number of carbonyl (C=O) groups excluding carboxylic acids is 1. The SMILES string of the molecule is COc1ccc(-c2noc(C3=NN(Cc4ccc(F)cc4)C(=O)CC3)n2)cn1. The molecule has 8 nitrogen and oxygen atoms in total. The summed E-state index contributed by atoms with van der Waals surface area (Å²) >= 11 is 0. The van der Waals surface area contributed by atoms with E-state index < -0.39 is 0 Å². The van der Waals surface area contributed by atoms with Crippen LogP contribution in [-0.2, 0) is 11.3 Å². The van der Waals surface area contributed by atoms with Crippen LogP contribution in [0.1, 0.15) is 24.3 Å². The summed E-state index contributed by atoms with van der Waals surface area (Å²) in [7, 11) is 1.54. The van der Waals surface area contributed by atoms with E-state index in [9.17, 15) is 9.18 Å².